The number of hydrogen-bond acceptors (Lipinski definition) is 4. The van der Waals surface area contributed by atoms with E-state index in [2.05, 4.69) is 10.5 Å². The van der Waals surface area contributed by atoms with E-state index in [0.29, 0.717) is 27.8 Å². The van der Waals surface area contributed by atoms with Crippen molar-refractivity contribution in [3.63, 3.8) is 0 Å². The maximum atomic E-state index is 11.8. The van der Waals surface area contributed by atoms with E-state index in [1.54, 1.807) is 48.5 Å². The van der Waals surface area contributed by atoms with Gasteiger partial charge in [0.15, 0.2) is 5.84 Å². The summed E-state index contributed by atoms with van der Waals surface area (Å²) < 4.78 is 5.74. The molecule has 0 heterocycles. The predicted molar refractivity (Wildman–Crippen MR) is 105 cm³/mol. The number of anilines is 1. The van der Waals surface area contributed by atoms with Gasteiger partial charge in [-0.3, -0.25) is 10.2 Å². The molecule has 6 nitrogen and oxygen atoms in total. The van der Waals surface area contributed by atoms with E-state index in [1.807, 2.05) is 30.3 Å². The second-order valence-electron chi connectivity index (χ2n) is 5.43. The van der Waals surface area contributed by atoms with Crippen LogP contribution in [-0.4, -0.2) is 11.9 Å². The molecule has 0 radical (unpaired) electrons. The second kappa shape index (κ2) is 8.73. The highest BCUT2D eigenvalue weighted by molar-refractivity contribution is 6.30. The molecule has 3 rings (SSSR count). The molecule has 0 saturated carbocycles. The van der Waals surface area contributed by atoms with Crippen LogP contribution in [-0.2, 0) is 4.84 Å². The SMILES string of the molecule is N/C(=N/OC(=O)Nc1ccc(Cl)cc1)c1cccc(Oc2ccccc2)c1. The highest BCUT2D eigenvalue weighted by Gasteiger charge is 2.06. The average molecular weight is 382 g/mol. The predicted octanol–water partition coefficient (Wildman–Crippen LogP) is 5.00. The zero-order valence-corrected chi connectivity index (χ0v) is 14.9. The van der Waals surface area contributed by atoms with E-state index in [1.165, 1.54) is 0 Å². The number of amides is 1. The molecule has 0 saturated heterocycles. The van der Waals surface area contributed by atoms with Crippen LogP contribution in [0.25, 0.3) is 0 Å². The first-order valence-corrected chi connectivity index (χ1v) is 8.38. The molecule has 0 unspecified atom stereocenters. The summed E-state index contributed by atoms with van der Waals surface area (Å²) in [6.45, 7) is 0. The van der Waals surface area contributed by atoms with Crippen molar-refractivity contribution in [3.8, 4) is 11.5 Å². The lowest BCUT2D eigenvalue weighted by molar-refractivity contribution is 0.166. The summed E-state index contributed by atoms with van der Waals surface area (Å²) in [5.41, 5.74) is 6.97. The van der Waals surface area contributed by atoms with Gasteiger partial charge in [0.1, 0.15) is 11.5 Å². The lowest BCUT2D eigenvalue weighted by Crippen LogP contribution is -2.17. The molecule has 7 heteroatoms. The van der Waals surface area contributed by atoms with Crippen molar-refractivity contribution in [2.24, 2.45) is 10.9 Å². The van der Waals surface area contributed by atoms with Gasteiger partial charge in [0.05, 0.1) is 0 Å². The van der Waals surface area contributed by atoms with Gasteiger partial charge in [-0.05, 0) is 48.5 Å². The fourth-order valence-electron chi connectivity index (χ4n) is 2.16. The molecule has 136 valence electrons. The van der Waals surface area contributed by atoms with Crippen molar-refractivity contribution in [2.45, 2.75) is 0 Å². The molecule has 0 aliphatic rings. The molecular weight excluding hydrogens is 366 g/mol. The van der Waals surface area contributed by atoms with Gasteiger partial charge >= 0.3 is 6.09 Å². The van der Waals surface area contributed by atoms with E-state index in [0.717, 1.165) is 0 Å². The van der Waals surface area contributed by atoms with Crippen LogP contribution in [0, 0.1) is 0 Å². The molecule has 1 amide bonds. The van der Waals surface area contributed by atoms with Gasteiger partial charge in [-0.15, -0.1) is 0 Å². The average Bonchev–Trinajstić information content (AvgIpc) is 2.69. The van der Waals surface area contributed by atoms with E-state index >= 15 is 0 Å². The molecule has 3 N–H and O–H groups in total. The first-order chi connectivity index (χ1) is 13.1. The Kier molecular flexibility index (Phi) is 5.91. The minimum absolute atomic E-state index is 0.0415. The minimum atomic E-state index is -0.767. The Morgan fingerprint density at radius 3 is 2.37 bits per heavy atom. The summed E-state index contributed by atoms with van der Waals surface area (Å²) in [7, 11) is 0. The van der Waals surface area contributed by atoms with Crippen LogP contribution >= 0.6 is 11.6 Å². The van der Waals surface area contributed by atoms with Crippen LogP contribution in [0.4, 0.5) is 10.5 Å². The van der Waals surface area contributed by atoms with Crippen molar-refractivity contribution in [1.82, 2.24) is 0 Å². The Hall–Kier alpha value is -3.51. The number of rotatable bonds is 5. The molecule has 0 atom stereocenters. The number of benzene rings is 3. The first-order valence-electron chi connectivity index (χ1n) is 8.00. The maximum Gasteiger partial charge on any atom is 0.437 e. The van der Waals surface area contributed by atoms with E-state index in [4.69, 9.17) is 26.9 Å². The molecule has 3 aromatic rings. The quantitative estimate of drug-likeness (QED) is 0.282. The fourth-order valence-corrected chi connectivity index (χ4v) is 2.29. The van der Waals surface area contributed by atoms with Gasteiger partial charge in [0, 0.05) is 16.3 Å². The number of hydrogen-bond donors (Lipinski definition) is 2. The van der Waals surface area contributed by atoms with Crippen LogP contribution in [0.1, 0.15) is 5.56 Å². The zero-order chi connectivity index (χ0) is 19.1. The number of nitrogens with zero attached hydrogens (tertiary/aromatic N) is 1. The Morgan fingerprint density at radius 2 is 1.63 bits per heavy atom. The number of ether oxygens (including phenoxy) is 1. The maximum absolute atomic E-state index is 11.8. The normalized spacial score (nSPS) is 10.9. The molecule has 3 aromatic carbocycles. The van der Waals surface area contributed by atoms with E-state index in [-0.39, 0.29) is 5.84 Å². The third-order valence-electron chi connectivity index (χ3n) is 3.43. The summed E-state index contributed by atoms with van der Waals surface area (Å²) in [4.78, 5) is 16.6. The summed E-state index contributed by atoms with van der Waals surface area (Å²) in [6.07, 6.45) is -0.767. The van der Waals surface area contributed by atoms with Crippen molar-refractivity contribution in [1.29, 1.82) is 0 Å². The van der Waals surface area contributed by atoms with Crippen LogP contribution in [0.15, 0.2) is 84.0 Å². The van der Waals surface area contributed by atoms with Crippen LogP contribution in [0.2, 0.25) is 5.02 Å². The number of para-hydroxylation sites is 1. The van der Waals surface area contributed by atoms with Crippen molar-refractivity contribution in [2.75, 3.05) is 5.32 Å². The van der Waals surface area contributed by atoms with Gasteiger partial charge in [-0.1, -0.05) is 47.1 Å². The number of oxime groups is 1. The van der Waals surface area contributed by atoms with Crippen LogP contribution < -0.4 is 15.8 Å². The highest BCUT2D eigenvalue weighted by Crippen LogP contribution is 2.21. The van der Waals surface area contributed by atoms with Gasteiger partial charge < -0.3 is 10.5 Å². The molecule has 0 aliphatic heterocycles. The van der Waals surface area contributed by atoms with Gasteiger partial charge in [0.25, 0.3) is 0 Å². The standard InChI is InChI=1S/C20H16ClN3O3/c21-15-9-11-16(12-10-15)23-20(25)27-24-19(22)14-5-4-8-18(13-14)26-17-6-2-1-3-7-17/h1-13H,(H2,22,24)(H,23,25). The smallest absolute Gasteiger partial charge is 0.437 e. The number of carbonyl (C=O) groups excluding carboxylic acids is 1. The molecule has 0 spiro atoms. The molecule has 0 aliphatic carbocycles. The third-order valence-corrected chi connectivity index (χ3v) is 3.68. The van der Waals surface area contributed by atoms with E-state index in [9.17, 15) is 4.79 Å². The van der Waals surface area contributed by atoms with Gasteiger partial charge in [0.2, 0.25) is 0 Å². The number of nitrogens with one attached hydrogen (secondary N) is 1. The van der Waals surface area contributed by atoms with E-state index < -0.39 is 6.09 Å². The van der Waals surface area contributed by atoms with Gasteiger partial charge in [-0.25, -0.2) is 4.79 Å². The Morgan fingerprint density at radius 1 is 0.926 bits per heavy atom. The van der Waals surface area contributed by atoms with Crippen LogP contribution in [0.5, 0.6) is 11.5 Å². The monoisotopic (exact) mass is 381 g/mol. The summed E-state index contributed by atoms with van der Waals surface area (Å²) >= 11 is 5.79. The molecule has 0 aromatic heterocycles. The zero-order valence-electron chi connectivity index (χ0n) is 14.1. The molecular formula is C20H16ClN3O3. The second-order valence-corrected chi connectivity index (χ2v) is 5.87. The topological polar surface area (TPSA) is 85.9 Å². The first kappa shape index (κ1) is 18.3. The van der Waals surface area contributed by atoms with Crippen molar-refractivity contribution >= 4 is 29.2 Å². The Balaban J connectivity index is 1.62. The Bertz CT molecular complexity index is 944. The van der Waals surface area contributed by atoms with Crippen molar-refractivity contribution < 1.29 is 14.4 Å². The largest absolute Gasteiger partial charge is 0.457 e. The van der Waals surface area contributed by atoms with Crippen molar-refractivity contribution in [3.05, 3.63) is 89.4 Å². The van der Waals surface area contributed by atoms with Crippen LogP contribution in [0.3, 0.4) is 0 Å². The number of halogens is 1. The number of amidine groups is 1. The number of carbonyl (C=O) groups is 1. The molecule has 0 bridgehead atoms. The Labute approximate surface area is 161 Å². The summed E-state index contributed by atoms with van der Waals surface area (Å²) in [5, 5.41) is 6.73. The van der Waals surface area contributed by atoms with Gasteiger partial charge in [-0.2, -0.15) is 0 Å². The third kappa shape index (κ3) is 5.49. The summed E-state index contributed by atoms with van der Waals surface area (Å²) in [5.74, 6) is 1.32. The minimum Gasteiger partial charge on any atom is -0.457 e. The summed E-state index contributed by atoms with van der Waals surface area (Å²) in [6, 6.07) is 22.9. The molecule has 0 fully saturated rings. The number of nitrogens with two attached hydrogens (primary N) is 1. The molecule has 27 heavy (non-hydrogen) atoms. The fraction of sp³-hybridized carbons (Fsp3) is 0. The lowest BCUT2D eigenvalue weighted by Gasteiger charge is -2.07. The highest BCUT2D eigenvalue weighted by atomic mass is 35.5. The lowest BCUT2D eigenvalue weighted by atomic mass is 10.2.